The highest BCUT2D eigenvalue weighted by molar-refractivity contribution is 6.01. The zero-order chi connectivity index (χ0) is 25.5. The molecular weight excluding hydrogens is 452 g/mol. The molecule has 7 nitrogen and oxygen atoms in total. The number of carbonyl (C=O) groups excluding carboxylic acids is 2. The van der Waals surface area contributed by atoms with Crippen molar-refractivity contribution in [2.75, 3.05) is 36.4 Å². The predicted molar refractivity (Wildman–Crippen MR) is 144 cm³/mol. The van der Waals surface area contributed by atoms with Crippen LogP contribution in [-0.4, -0.2) is 61.1 Å². The van der Waals surface area contributed by atoms with Crippen LogP contribution in [0.2, 0.25) is 0 Å². The summed E-state index contributed by atoms with van der Waals surface area (Å²) in [6, 6.07) is 15.1. The van der Waals surface area contributed by atoms with Crippen LogP contribution in [-0.2, 0) is 16.1 Å². The van der Waals surface area contributed by atoms with Gasteiger partial charge in [0.2, 0.25) is 5.91 Å². The topological polar surface area (TPSA) is 73.9 Å². The van der Waals surface area contributed by atoms with Gasteiger partial charge in [-0.05, 0) is 69.0 Å². The van der Waals surface area contributed by atoms with Crippen molar-refractivity contribution in [2.24, 2.45) is 0 Å². The summed E-state index contributed by atoms with van der Waals surface area (Å²) in [7, 11) is 0. The number of hydrogen-bond donors (Lipinski definition) is 2. The maximum Gasteiger partial charge on any atom is 0.251 e. The van der Waals surface area contributed by atoms with Crippen molar-refractivity contribution in [1.29, 1.82) is 0 Å². The summed E-state index contributed by atoms with van der Waals surface area (Å²) in [6.45, 7) is 11.0. The first kappa shape index (κ1) is 26.2. The number of benzene rings is 2. The van der Waals surface area contributed by atoms with Crippen LogP contribution in [0.4, 0.5) is 11.4 Å². The molecule has 2 fully saturated rings. The Morgan fingerprint density at radius 3 is 2.39 bits per heavy atom. The molecule has 2 aliphatic rings. The Morgan fingerprint density at radius 1 is 1.03 bits per heavy atom. The van der Waals surface area contributed by atoms with E-state index < -0.39 is 6.04 Å². The van der Waals surface area contributed by atoms with Crippen LogP contribution < -0.4 is 15.5 Å². The average Bonchev–Trinajstić information content (AvgIpc) is 3.39. The largest absolute Gasteiger partial charge is 0.373 e. The molecule has 3 atom stereocenters. The summed E-state index contributed by atoms with van der Waals surface area (Å²) in [4.78, 5) is 30.8. The van der Waals surface area contributed by atoms with Gasteiger partial charge in [0, 0.05) is 49.7 Å². The molecule has 2 saturated heterocycles. The van der Waals surface area contributed by atoms with Gasteiger partial charge in [-0.3, -0.25) is 14.5 Å². The quantitative estimate of drug-likeness (QED) is 0.542. The van der Waals surface area contributed by atoms with E-state index in [2.05, 4.69) is 40.3 Å². The molecule has 2 aromatic rings. The van der Waals surface area contributed by atoms with Gasteiger partial charge in [-0.15, -0.1) is 0 Å². The van der Waals surface area contributed by atoms with E-state index in [1.165, 1.54) is 12.8 Å². The van der Waals surface area contributed by atoms with Gasteiger partial charge in [0.15, 0.2) is 0 Å². The molecule has 4 rings (SSSR count). The second-order valence-corrected chi connectivity index (χ2v) is 10.2. The second kappa shape index (κ2) is 12.4. The van der Waals surface area contributed by atoms with E-state index in [0.717, 1.165) is 56.1 Å². The van der Waals surface area contributed by atoms with Crippen LogP contribution in [0.5, 0.6) is 0 Å². The fraction of sp³-hybridized carbons (Fsp3) is 0.517. The summed E-state index contributed by atoms with van der Waals surface area (Å²) in [5.74, 6) is -0.412. The number of anilines is 2. The number of amides is 2. The van der Waals surface area contributed by atoms with Crippen molar-refractivity contribution in [3.63, 3.8) is 0 Å². The molecule has 36 heavy (non-hydrogen) atoms. The van der Waals surface area contributed by atoms with E-state index in [0.29, 0.717) is 12.0 Å². The lowest BCUT2D eigenvalue weighted by atomic mass is 10.1. The lowest BCUT2D eigenvalue weighted by molar-refractivity contribution is -0.118. The lowest BCUT2D eigenvalue weighted by Crippen LogP contribution is -2.44. The second-order valence-electron chi connectivity index (χ2n) is 10.2. The van der Waals surface area contributed by atoms with Crippen LogP contribution in [0, 0.1) is 0 Å². The number of ether oxygens (including phenoxy) is 1. The van der Waals surface area contributed by atoms with E-state index in [-0.39, 0.29) is 24.0 Å². The Bertz CT molecular complexity index is 1010. The van der Waals surface area contributed by atoms with E-state index in [1.54, 1.807) is 0 Å². The van der Waals surface area contributed by atoms with Gasteiger partial charge in [-0.25, -0.2) is 0 Å². The molecule has 2 aromatic carbocycles. The number of rotatable bonds is 9. The number of carbonyl (C=O) groups is 2. The standard InChI is InChI=1S/C29H40N4O3/c1-4-8-27(29(35)30-25-9-7-10-26(17-25)33-15-5-6-16-33)31-28(34)24-13-11-23(12-14-24)20-32-18-21(2)36-22(3)19-32/h7,9-14,17,21-22,27H,4-6,8,15-16,18-20H2,1-3H3,(H,30,35)(H,31,34). The molecular formula is C29H40N4O3. The number of morpholine rings is 1. The molecule has 0 radical (unpaired) electrons. The van der Waals surface area contributed by atoms with E-state index in [4.69, 9.17) is 4.74 Å². The first-order valence-electron chi connectivity index (χ1n) is 13.3. The highest BCUT2D eigenvalue weighted by Gasteiger charge is 2.23. The van der Waals surface area contributed by atoms with Gasteiger partial charge >= 0.3 is 0 Å². The minimum atomic E-state index is -0.589. The van der Waals surface area contributed by atoms with Crippen LogP contribution in [0.3, 0.4) is 0 Å². The summed E-state index contributed by atoms with van der Waals surface area (Å²) < 4.78 is 5.82. The van der Waals surface area contributed by atoms with Gasteiger partial charge in [0.05, 0.1) is 12.2 Å². The van der Waals surface area contributed by atoms with Gasteiger partial charge in [0.25, 0.3) is 5.91 Å². The van der Waals surface area contributed by atoms with Crippen molar-refractivity contribution < 1.29 is 14.3 Å². The Hall–Kier alpha value is -2.90. The fourth-order valence-electron chi connectivity index (χ4n) is 5.22. The van der Waals surface area contributed by atoms with Gasteiger partial charge in [0.1, 0.15) is 6.04 Å². The first-order chi connectivity index (χ1) is 17.4. The predicted octanol–water partition coefficient (Wildman–Crippen LogP) is 4.43. The zero-order valence-corrected chi connectivity index (χ0v) is 21.8. The van der Waals surface area contributed by atoms with Crippen LogP contribution in [0.1, 0.15) is 62.4 Å². The molecule has 194 valence electrons. The van der Waals surface area contributed by atoms with Gasteiger partial charge in [-0.1, -0.05) is 31.5 Å². The molecule has 0 spiro atoms. The van der Waals surface area contributed by atoms with E-state index in [1.807, 2.05) is 49.4 Å². The normalized spacial score (nSPS) is 21.2. The molecule has 7 heteroatoms. The number of hydrogen-bond acceptors (Lipinski definition) is 5. The van der Waals surface area contributed by atoms with Crippen molar-refractivity contribution in [2.45, 2.75) is 71.2 Å². The van der Waals surface area contributed by atoms with E-state index in [9.17, 15) is 9.59 Å². The average molecular weight is 493 g/mol. The third kappa shape index (κ3) is 7.08. The third-order valence-electron chi connectivity index (χ3n) is 6.90. The Labute approximate surface area is 215 Å². The summed E-state index contributed by atoms with van der Waals surface area (Å²) in [5.41, 5.74) is 3.61. The Balaban J connectivity index is 1.34. The van der Waals surface area contributed by atoms with Crippen LogP contribution in [0.15, 0.2) is 48.5 Å². The van der Waals surface area contributed by atoms with Gasteiger partial charge < -0.3 is 20.3 Å². The van der Waals surface area contributed by atoms with Crippen molar-refractivity contribution in [3.05, 3.63) is 59.7 Å². The summed E-state index contributed by atoms with van der Waals surface area (Å²) in [6.07, 6.45) is 4.23. The lowest BCUT2D eigenvalue weighted by Gasteiger charge is -2.35. The smallest absolute Gasteiger partial charge is 0.251 e. The molecule has 0 aromatic heterocycles. The van der Waals surface area contributed by atoms with Crippen molar-refractivity contribution in [3.8, 4) is 0 Å². The molecule has 3 unspecified atom stereocenters. The molecule has 0 saturated carbocycles. The fourth-order valence-corrected chi connectivity index (χ4v) is 5.22. The minimum absolute atomic E-state index is 0.184. The zero-order valence-electron chi connectivity index (χ0n) is 21.8. The van der Waals surface area contributed by atoms with Gasteiger partial charge in [-0.2, -0.15) is 0 Å². The highest BCUT2D eigenvalue weighted by atomic mass is 16.5. The molecule has 0 bridgehead atoms. The first-order valence-corrected chi connectivity index (χ1v) is 13.3. The van der Waals surface area contributed by atoms with Crippen molar-refractivity contribution >= 4 is 23.2 Å². The molecule has 2 amide bonds. The van der Waals surface area contributed by atoms with E-state index >= 15 is 0 Å². The van der Waals surface area contributed by atoms with Crippen LogP contribution >= 0.6 is 0 Å². The highest BCUT2D eigenvalue weighted by Crippen LogP contribution is 2.23. The maximum absolute atomic E-state index is 13.1. The molecule has 2 aliphatic heterocycles. The summed E-state index contributed by atoms with van der Waals surface area (Å²) >= 11 is 0. The van der Waals surface area contributed by atoms with Crippen molar-refractivity contribution in [1.82, 2.24) is 10.2 Å². The minimum Gasteiger partial charge on any atom is -0.373 e. The monoisotopic (exact) mass is 492 g/mol. The summed E-state index contributed by atoms with van der Waals surface area (Å²) in [5, 5.41) is 5.96. The Kier molecular flexibility index (Phi) is 8.99. The van der Waals surface area contributed by atoms with Crippen LogP contribution in [0.25, 0.3) is 0 Å². The Morgan fingerprint density at radius 2 is 1.72 bits per heavy atom. The molecule has 0 aliphatic carbocycles. The molecule has 2 heterocycles. The number of nitrogens with one attached hydrogen (secondary N) is 2. The third-order valence-corrected chi connectivity index (χ3v) is 6.90. The molecule has 2 N–H and O–H groups in total. The maximum atomic E-state index is 13.1. The number of nitrogens with zero attached hydrogens (tertiary/aromatic N) is 2. The SMILES string of the molecule is CCCC(NC(=O)c1ccc(CN2CC(C)OC(C)C2)cc1)C(=O)Nc1cccc(N2CCCC2)c1.